The number of benzene rings is 2. The van der Waals surface area contributed by atoms with E-state index in [1.807, 2.05) is 0 Å². The van der Waals surface area contributed by atoms with Crippen LogP contribution in [0.2, 0.25) is 10.0 Å². The second-order valence-electron chi connectivity index (χ2n) is 6.50. The summed E-state index contributed by atoms with van der Waals surface area (Å²) < 4.78 is 11.7. The van der Waals surface area contributed by atoms with Crippen molar-refractivity contribution in [2.75, 3.05) is 12.0 Å². The zero-order chi connectivity index (χ0) is 23.0. The van der Waals surface area contributed by atoms with Gasteiger partial charge in [0.05, 0.1) is 33.3 Å². The molecule has 0 N–H and O–H groups in total. The van der Waals surface area contributed by atoms with Crippen molar-refractivity contribution >= 4 is 91.1 Å². The Balaban J connectivity index is 1.61. The second-order valence-corrected chi connectivity index (χ2v) is 9.85. The molecule has 1 aliphatic heterocycles. The summed E-state index contributed by atoms with van der Waals surface area (Å²) in [5.74, 6) is 0.160. The van der Waals surface area contributed by atoms with Crippen LogP contribution in [-0.2, 0) is 9.53 Å². The van der Waals surface area contributed by atoms with Crippen LogP contribution in [0.1, 0.15) is 16.1 Å². The molecule has 2 heterocycles. The van der Waals surface area contributed by atoms with Crippen LogP contribution in [0.15, 0.2) is 62.3 Å². The van der Waals surface area contributed by atoms with Crippen LogP contribution in [0.4, 0.5) is 5.69 Å². The molecule has 10 heteroatoms. The Kier molecular flexibility index (Phi) is 6.78. The Morgan fingerprint density at radius 2 is 1.94 bits per heavy atom. The van der Waals surface area contributed by atoms with Crippen LogP contribution in [-0.4, -0.2) is 23.3 Å². The molecule has 0 bridgehead atoms. The van der Waals surface area contributed by atoms with Gasteiger partial charge in [-0.1, -0.05) is 47.2 Å². The van der Waals surface area contributed by atoms with Gasteiger partial charge in [-0.3, -0.25) is 9.69 Å². The molecular weight excluding hydrogens is 557 g/mol. The van der Waals surface area contributed by atoms with Crippen molar-refractivity contribution in [2.24, 2.45) is 0 Å². The number of hydrogen-bond donors (Lipinski definition) is 0. The van der Waals surface area contributed by atoms with Crippen LogP contribution < -0.4 is 4.90 Å². The zero-order valence-corrected chi connectivity index (χ0v) is 21.0. The molecule has 162 valence electrons. The molecule has 1 amide bonds. The number of thioether (sulfide) groups is 1. The first-order valence-electron chi connectivity index (χ1n) is 8.99. The van der Waals surface area contributed by atoms with Gasteiger partial charge in [0.1, 0.15) is 11.5 Å². The third kappa shape index (κ3) is 4.51. The van der Waals surface area contributed by atoms with Crippen molar-refractivity contribution in [2.45, 2.75) is 0 Å². The molecule has 0 aliphatic carbocycles. The number of hydrogen-bond acceptors (Lipinski definition) is 6. The lowest BCUT2D eigenvalue weighted by atomic mass is 10.1. The lowest BCUT2D eigenvalue weighted by Gasteiger charge is -2.15. The van der Waals surface area contributed by atoms with Crippen molar-refractivity contribution in [3.63, 3.8) is 0 Å². The summed E-state index contributed by atoms with van der Waals surface area (Å²) in [7, 11) is 1.29. The number of ether oxygens (including phenoxy) is 1. The SMILES string of the molecule is COC(=O)c1cc(-c2ccc(/C=C3/SC(=S)N(c4ccc(Br)c(Cl)c4)C3=O)o2)ccc1Cl. The maximum Gasteiger partial charge on any atom is 0.339 e. The predicted octanol–water partition coefficient (Wildman–Crippen LogP) is 7.21. The molecule has 0 unspecified atom stereocenters. The highest BCUT2D eigenvalue weighted by Gasteiger charge is 2.33. The summed E-state index contributed by atoms with van der Waals surface area (Å²) in [5, 5.41) is 0.759. The maximum absolute atomic E-state index is 13.0. The van der Waals surface area contributed by atoms with Crippen LogP contribution >= 0.6 is 63.1 Å². The topological polar surface area (TPSA) is 59.8 Å². The van der Waals surface area contributed by atoms with Crippen molar-refractivity contribution in [3.8, 4) is 11.3 Å². The average Bonchev–Trinajstić information content (AvgIpc) is 3.34. The van der Waals surface area contributed by atoms with Gasteiger partial charge in [0.2, 0.25) is 0 Å². The van der Waals surface area contributed by atoms with Gasteiger partial charge in [-0.15, -0.1) is 0 Å². The highest BCUT2D eigenvalue weighted by atomic mass is 79.9. The molecule has 4 rings (SSSR count). The highest BCUT2D eigenvalue weighted by Crippen LogP contribution is 2.38. The first-order chi connectivity index (χ1) is 15.3. The number of methoxy groups -OCH3 is 1. The van der Waals surface area contributed by atoms with Crippen LogP contribution in [0.3, 0.4) is 0 Å². The molecule has 0 saturated carbocycles. The zero-order valence-electron chi connectivity index (χ0n) is 16.2. The molecule has 1 saturated heterocycles. The Labute approximate surface area is 211 Å². The van der Waals surface area contributed by atoms with Gasteiger partial charge in [-0.2, -0.15) is 0 Å². The monoisotopic (exact) mass is 567 g/mol. The number of thiocarbonyl (C=S) groups is 1. The number of carbonyl (C=O) groups excluding carboxylic acids is 2. The van der Waals surface area contributed by atoms with Gasteiger partial charge in [0.25, 0.3) is 5.91 Å². The van der Waals surface area contributed by atoms with E-state index >= 15 is 0 Å². The summed E-state index contributed by atoms with van der Waals surface area (Å²) in [6.07, 6.45) is 1.63. The summed E-state index contributed by atoms with van der Waals surface area (Å²) in [6.45, 7) is 0. The number of rotatable bonds is 4. The van der Waals surface area contributed by atoms with Gasteiger partial charge < -0.3 is 9.15 Å². The standard InChI is InChI=1S/C22H12BrCl2NO4S2/c1-29-21(28)14-8-11(2-6-16(14)24)18-7-4-13(30-18)10-19-20(27)26(22(31)32-19)12-3-5-15(23)17(25)9-12/h2-10H,1H3/b19-10+. The van der Waals surface area contributed by atoms with Gasteiger partial charge >= 0.3 is 5.97 Å². The normalized spacial score (nSPS) is 15.0. The largest absolute Gasteiger partial charge is 0.465 e. The van der Waals surface area contributed by atoms with Crippen molar-refractivity contribution in [3.05, 3.63) is 79.3 Å². The summed E-state index contributed by atoms with van der Waals surface area (Å²) in [6, 6.07) is 13.6. The van der Waals surface area contributed by atoms with Crippen LogP contribution in [0, 0.1) is 0 Å². The van der Waals surface area contributed by atoms with Crippen LogP contribution in [0.5, 0.6) is 0 Å². The van der Waals surface area contributed by atoms with E-state index in [1.54, 1.807) is 54.6 Å². The second kappa shape index (κ2) is 9.41. The van der Waals surface area contributed by atoms with E-state index in [9.17, 15) is 9.59 Å². The van der Waals surface area contributed by atoms with Crippen molar-refractivity contribution in [1.82, 2.24) is 0 Å². The molecule has 2 aromatic carbocycles. The summed E-state index contributed by atoms with van der Waals surface area (Å²) in [4.78, 5) is 26.7. The van der Waals surface area contributed by atoms with Gasteiger partial charge in [0.15, 0.2) is 4.32 Å². The van der Waals surface area contributed by atoms with E-state index in [4.69, 9.17) is 44.6 Å². The Hall–Kier alpha value is -2.10. The van der Waals surface area contributed by atoms with Gasteiger partial charge in [-0.05, 0) is 64.5 Å². The molecule has 0 atom stereocenters. The summed E-state index contributed by atoms with van der Waals surface area (Å²) >= 11 is 22.1. The third-order valence-electron chi connectivity index (χ3n) is 4.51. The molecule has 5 nitrogen and oxygen atoms in total. The minimum atomic E-state index is -0.541. The molecule has 1 aromatic heterocycles. The molecule has 32 heavy (non-hydrogen) atoms. The first-order valence-corrected chi connectivity index (χ1v) is 11.8. The predicted molar refractivity (Wildman–Crippen MR) is 135 cm³/mol. The number of furan rings is 1. The number of anilines is 1. The Morgan fingerprint density at radius 3 is 2.66 bits per heavy atom. The quantitative estimate of drug-likeness (QED) is 0.188. The first kappa shape index (κ1) is 23.1. The van der Waals surface area contributed by atoms with E-state index in [2.05, 4.69) is 15.9 Å². The number of carbonyl (C=O) groups is 2. The van der Waals surface area contributed by atoms with E-state index in [0.29, 0.717) is 37.0 Å². The molecular formula is C22H12BrCl2NO4S2. The lowest BCUT2D eigenvalue weighted by molar-refractivity contribution is -0.113. The smallest absolute Gasteiger partial charge is 0.339 e. The van der Waals surface area contributed by atoms with Gasteiger partial charge in [-0.25, -0.2) is 4.79 Å². The van der Waals surface area contributed by atoms with Crippen molar-refractivity contribution < 1.29 is 18.7 Å². The van der Waals surface area contributed by atoms with Crippen LogP contribution in [0.25, 0.3) is 17.4 Å². The average molecular weight is 569 g/mol. The number of amides is 1. The molecule has 1 aliphatic rings. The van der Waals surface area contributed by atoms with E-state index in [0.717, 1.165) is 4.47 Å². The number of nitrogens with zero attached hydrogens (tertiary/aromatic N) is 1. The molecule has 0 spiro atoms. The molecule has 3 aromatic rings. The maximum atomic E-state index is 13.0. The van der Waals surface area contributed by atoms with E-state index < -0.39 is 5.97 Å². The minimum Gasteiger partial charge on any atom is -0.465 e. The lowest BCUT2D eigenvalue weighted by Crippen LogP contribution is -2.27. The van der Waals surface area contributed by atoms with E-state index in [1.165, 1.54) is 23.8 Å². The minimum absolute atomic E-state index is 0.235. The fraction of sp³-hybridized carbons (Fsp3) is 0.0455. The Bertz CT molecular complexity index is 1300. The third-order valence-corrected chi connectivity index (χ3v) is 7.38. The summed E-state index contributed by atoms with van der Waals surface area (Å²) in [5.41, 5.74) is 1.46. The number of halogens is 3. The van der Waals surface area contributed by atoms with Crippen molar-refractivity contribution in [1.29, 1.82) is 0 Å². The van der Waals surface area contributed by atoms with Gasteiger partial charge in [0, 0.05) is 16.1 Å². The van der Waals surface area contributed by atoms with E-state index in [-0.39, 0.29) is 16.5 Å². The molecule has 0 radical (unpaired) electrons. The fourth-order valence-corrected chi connectivity index (χ4v) is 4.87. The fourth-order valence-electron chi connectivity index (χ4n) is 2.97. The number of esters is 1. The molecule has 1 fully saturated rings. The Morgan fingerprint density at radius 1 is 1.16 bits per heavy atom. The highest BCUT2D eigenvalue weighted by molar-refractivity contribution is 9.10.